The van der Waals surface area contributed by atoms with Crippen molar-refractivity contribution in [3.8, 4) is 6.07 Å². The van der Waals surface area contributed by atoms with Crippen LogP contribution in [0.25, 0.3) is 0 Å². The van der Waals surface area contributed by atoms with Crippen LogP contribution in [0, 0.1) is 22.7 Å². The normalized spacial score (nSPS) is 21.1. The van der Waals surface area contributed by atoms with Crippen LogP contribution in [0.5, 0.6) is 0 Å². The van der Waals surface area contributed by atoms with E-state index in [9.17, 15) is 0 Å². The van der Waals surface area contributed by atoms with Crippen molar-refractivity contribution in [3.05, 3.63) is 18.1 Å². The highest BCUT2D eigenvalue weighted by atomic mass is 15.2. The molecule has 104 valence electrons. The minimum absolute atomic E-state index is 0.299. The first-order chi connectivity index (χ1) is 9.03. The van der Waals surface area contributed by atoms with Gasteiger partial charge in [-0.2, -0.15) is 5.26 Å². The first-order valence-electron chi connectivity index (χ1n) is 7.00. The highest BCUT2D eigenvalue weighted by Gasteiger charge is 2.33. The first-order valence-corrected chi connectivity index (χ1v) is 7.00. The molecule has 0 spiro atoms. The average Bonchev–Trinajstić information content (AvgIpc) is 2.44. The molecule has 19 heavy (non-hydrogen) atoms. The zero-order valence-electron chi connectivity index (χ0n) is 12.6. The van der Waals surface area contributed by atoms with Crippen LogP contribution in [-0.2, 0) is 0 Å². The number of nitrogens with zero attached hydrogens (tertiary/aromatic N) is 4. The highest BCUT2D eigenvalue weighted by Crippen LogP contribution is 2.35. The Morgan fingerprint density at radius 1 is 1.32 bits per heavy atom. The summed E-state index contributed by atoms with van der Waals surface area (Å²) in [5, 5.41) is 8.69. The van der Waals surface area contributed by atoms with Crippen molar-refractivity contribution in [2.45, 2.75) is 41.0 Å². The Labute approximate surface area is 116 Å². The van der Waals surface area contributed by atoms with Crippen LogP contribution in [0.15, 0.2) is 12.4 Å². The van der Waals surface area contributed by atoms with Gasteiger partial charge in [0.2, 0.25) is 0 Å². The number of anilines is 1. The Morgan fingerprint density at radius 3 is 2.47 bits per heavy atom. The van der Waals surface area contributed by atoms with E-state index in [-0.39, 0.29) is 0 Å². The van der Waals surface area contributed by atoms with Crippen molar-refractivity contribution in [2.75, 3.05) is 18.0 Å². The van der Waals surface area contributed by atoms with Crippen molar-refractivity contribution in [1.82, 2.24) is 9.97 Å². The first kappa shape index (κ1) is 15.4. The van der Waals surface area contributed by atoms with Crippen LogP contribution in [0.4, 0.5) is 5.82 Å². The number of aromatic nitrogens is 2. The molecule has 0 saturated carbocycles. The standard InChI is InChI=1S/C13H18N4.C2H6/c1-10-4-5-17(9-13(10,2)3)12-8-15-11(6-14)7-16-12;1-2/h7-8,10H,4-5,9H2,1-3H3;1-2H3. The fraction of sp³-hybridized carbons (Fsp3) is 0.667. The van der Waals surface area contributed by atoms with E-state index in [1.54, 1.807) is 12.4 Å². The number of hydrogen-bond donors (Lipinski definition) is 0. The van der Waals surface area contributed by atoms with Crippen LogP contribution in [0.3, 0.4) is 0 Å². The Bertz CT molecular complexity index is 430. The molecule has 1 atom stereocenters. The van der Waals surface area contributed by atoms with Crippen LogP contribution < -0.4 is 4.90 Å². The molecule has 0 amide bonds. The third kappa shape index (κ3) is 3.66. The van der Waals surface area contributed by atoms with Crippen molar-refractivity contribution in [1.29, 1.82) is 5.26 Å². The molecule has 1 unspecified atom stereocenters. The molecule has 1 aromatic heterocycles. The fourth-order valence-corrected chi connectivity index (χ4v) is 2.20. The van der Waals surface area contributed by atoms with Gasteiger partial charge in [0.05, 0.1) is 12.4 Å². The molecule has 2 heterocycles. The molecule has 1 aliphatic rings. The molecule has 1 fully saturated rings. The van der Waals surface area contributed by atoms with Gasteiger partial charge in [0, 0.05) is 13.1 Å². The van der Waals surface area contributed by atoms with Gasteiger partial charge in [-0.1, -0.05) is 34.6 Å². The summed E-state index contributed by atoms with van der Waals surface area (Å²) in [7, 11) is 0. The molecule has 4 nitrogen and oxygen atoms in total. The van der Waals surface area contributed by atoms with E-state index in [1.807, 2.05) is 19.9 Å². The molecule has 0 aromatic carbocycles. The van der Waals surface area contributed by atoms with Gasteiger partial charge < -0.3 is 4.90 Å². The second kappa shape index (κ2) is 6.51. The summed E-state index contributed by atoms with van der Waals surface area (Å²) in [6.45, 7) is 12.9. The smallest absolute Gasteiger partial charge is 0.158 e. The molecule has 1 saturated heterocycles. The van der Waals surface area contributed by atoms with E-state index < -0.39 is 0 Å². The van der Waals surface area contributed by atoms with Gasteiger partial charge in [-0.25, -0.2) is 9.97 Å². The molecule has 2 rings (SSSR count). The summed E-state index contributed by atoms with van der Waals surface area (Å²) in [6.07, 6.45) is 4.42. The number of nitriles is 1. The Balaban J connectivity index is 0.000000861. The minimum atomic E-state index is 0.299. The fourth-order valence-electron chi connectivity index (χ4n) is 2.20. The lowest BCUT2D eigenvalue weighted by Gasteiger charge is -2.43. The summed E-state index contributed by atoms with van der Waals surface area (Å²) in [4.78, 5) is 10.6. The second-order valence-corrected chi connectivity index (χ2v) is 5.47. The molecule has 4 heteroatoms. The monoisotopic (exact) mass is 260 g/mol. The zero-order valence-corrected chi connectivity index (χ0v) is 12.6. The van der Waals surface area contributed by atoms with Gasteiger partial charge in [0.25, 0.3) is 0 Å². The lowest BCUT2D eigenvalue weighted by Crippen LogP contribution is -2.45. The van der Waals surface area contributed by atoms with Crippen LogP contribution >= 0.6 is 0 Å². The van der Waals surface area contributed by atoms with E-state index in [2.05, 4.69) is 35.6 Å². The van der Waals surface area contributed by atoms with E-state index in [1.165, 1.54) is 6.42 Å². The largest absolute Gasteiger partial charge is 0.355 e. The molecular weight excluding hydrogens is 236 g/mol. The number of hydrogen-bond acceptors (Lipinski definition) is 4. The summed E-state index contributed by atoms with van der Waals surface area (Å²) in [5.41, 5.74) is 0.673. The van der Waals surface area contributed by atoms with E-state index >= 15 is 0 Å². The van der Waals surface area contributed by atoms with Crippen molar-refractivity contribution >= 4 is 5.82 Å². The molecule has 1 aliphatic heterocycles. The van der Waals surface area contributed by atoms with Crippen molar-refractivity contribution < 1.29 is 0 Å². The van der Waals surface area contributed by atoms with Gasteiger partial charge in [0.15, 0.2) is 5.69 Å². The maximum absolute atomic E-state index is 8.69. The average molecular weight is 260 g/mol. The van der Waals surface area contributed by atoms with Crippen LogP contribution in [-0.4, -0.2) is 23.1 Å². The van der Waals surface area contributed by atoms with E-state index in [0.717, 1.165) is 24.8 Å². The van der Waals surface area contributed by atoms with Gasteiger partial charge in [-0.05, 0) is 17.8 Å². The lowest BCUT2D eigenvalue weighted by molar-refractivity contribution is 0.193. The maximum Gasteiger partial charge on any atom is 0.158 e. The minimum Gasteiger partial charge on any atom is -0.355 e. The Morgan fingerprint density at radius 2 is 2.00 bits per heavy atom. The third-order valence-corrected chi connectivity index (χ3v) is 3.84. The molecule has 0 radical (unpaired) electrons. The number of piperidine rings is 1. The van der Waals surface area contributed by atoms with Gasteiger partial charge in [-0.15, -0.1) is 0 Å². The molecule has 0 bridgehead atoms. The van der Waals surface area contributed by atoms with Crippen LogP contribution in [0.2, 0.25) is 0 Å². The van der Waals surface area contributed by atoms with Crippen molar-refractivity contribution in [2.24, 2.45) is 11.3 Å². The zero-order chi connectivity index (χ0) is 14.5. The number of rotatable bonds is 1. The Kier molecular flexibility index (Phi) is 5.29. The Hall–Kier alpha value is -1.63. The highest BCUT2D eigenvalue weighted by molar-refractivity contribution is 5.38. The van der Waals surface area contributed by atoms with Crippen LogP contribution in [0.1, 0.15) is 46.7 Å². The molecule has 1 aromatic rings. The SMILES string of the molecule is CC.CC1CCN(c2cnc(C#N)cn2)CC1(C)C. The second-order valence-electron chi connectivity index (χ2n) is 5.47. The summed E-state index contributed by atoms with van der Waals surface area (Å²) in [5.74, 6) is 1.61. The summed E-state index contributed by atoms with van der Waals surface area (Å²) >= 11 is 0. The molecular formula is C15H24N4. The summed E-state index contributed by atoms with van der Waals surface area (Å²) < 4.78 is 0. The predicted octanol–water partition coefficient (Wildman–Crippen LogP) is 3.25. The third-order valence-electron chi connectivity index (χ3n) is 3.84. The molecule has 0 aliphatic carbocycles. The molecule has 0 N–H and O–H groups in total. The lowest BCUT2D eigenvalue weighted by atomic mass is 9.75. The van der Waals surface area contributed by atoms with Gasteiger partial charge in [-0.3, -0.25) is 0 Å². The van der Waals surface area contributed by atoms with E-state index in [0.29, 0.717) is 11.1 Å². The van der Waals surface area contributed by atoms with Gasteiger partial charge in [0.1, 0.15) is 11.9 Å². The van der Waals surface area contributed by atoms with E-state index in [4.69, 9.17) is 5.26 Å². The van der Waals surface area contributed by atoms with Crippen molar-refractivity contribution in [3.63, 3.8) is 0 Å². The maximum atomic E-state index is 8.69. The topological polar surface area (TPSA) is 52.8 Å². The summed E-state index contributed by atoms with van der Waals surface area (Å²) in [6, 6.07) is 1.99. The van der Waals surface area contributed by atoms with Gasteiger partial charge >= 0.3 is 0 Å². The predicted molar refractivity (Wildman–Crippen MR) is 77.9 cm³/mol. The quantitative estimate of drug-likeness (QED) is 0.777.